The van der Waals surface area contributed by atoms with Crippen molar-refractivity contribution >= 4 is 35.3 Å². The van der Waals surface area contributed by atoms with Gasteiger partial charge >= 0.3 is 12.2 Å². The molecule has 2 amide bonds. The number of amides is 2. The van der Waals surface area contributed by atoms with Crippen molar-refractivity contribution in [3.8, 4) is 0 Å². The number of cyclic esters (lactones) is 1. The maximum atomic E-state index is 14.6. The predicted molar refractivity (Wildman–Crippen MR) is 98.5 cm³/mol. The Morgan fingerprint density at radius 3 is 2.63 bits per heavy atom. The highest BCUT2D eigenvalue weighted by molar-refractivity contribution is 8.00. The number of anilines is 2. The number of rotatable bonds is 4. The Kier molecular flexibility index (Phi) is 4.53. The molecule has 7 nitrogen and oxygen atoms in total. The first-order valence-electron chi connectivity index (χ1n) is 8.52. The minimum absolute atomic E-state index is 0. The summed E-state index contributed by atoms with van der Waals surface area (Å²) in [5.74, 6) is 0.670. The highest BCUT2D eigenvalue weighted by Crippen LogP contribution is 2.48. The molecule has 1 aromatic carbocycles. The van der Waals surface area contributed by atoms with Gasteiger partial charge in [0.15, 0.2) is 11.6 Å². The molecule has 148 valence electrons. The van der Waals surface area contributed by atoms with E-state index in [1.807, 2.05) is 11.8 Å². The molecule has 3 heterocycles. The number of hydrogen-bond donors (Lipinski definition) is 1. The number of carbonyl (C=O) groups is 2. The van der Waals surface area contributed by atoms with Gasteiger partial charge in [-0.25, -0.2) is 18.4 Å². The lowest BCUT2D eigenvalue weighted by Crippen LogP contribution is -2.63. The number of halogens is 2. The molecule has 1 spiro atoms. The van der Waals surface area contributed by atoms with Gasteiger partial charge in [0.05, 0.1) is 25.9 Å². The van der Waals surface area contributed by atoms with Crippen molar-refractivity contribution in [2.45, 2.75) is 6.10 Å². The molecule has 0 radical (unpaired) electrons. The molecule has 3 saturated heterocycles. The predicted octanol–water partition coefficient (Wildman–Crippen LogP) is 2.45. The van der Waals surface area contributed by atoms with Crippen LogP contribution in [0.25, 0.3) is 0 Å². The summed E-state index contributed by atoms with van der Waals surface area (Å²) in [6, 6.07) is 2.30. The smallest absolute Gasteiger partial charge is 0.414 e. The number of methoxy groups -OCH3 is 1. The van der Waals surface area contributed by atoms with Gasteiger partial charge in [-0.3, -0.25) is 4.90 Å². The van der Waals surface area contributed by atoms with Crippen molar-refractivity contribution in [1.82, 2.24) is 5.32 Å². The van der Waals surface area contributed by atoms with E-state index >= 15 is 0 Å². The van der Waals surface area contributed by atoms with Gasteiger partial charge in [-0.15, -0.1) is 0 Å². The molecular weight excluding hydrogens is 380 g/mol. The number of thioether (sulfide) groups is 1. The normalized spacial score (nSPS) is 22.9. The highest BCUT2D eigenvalue weighted by atomic mass is 32.2. The van der Waals surface area contributed by atoms with Crippen LogP contribution in [0.15, 0.2) is 12.1 Å². The summed E-state index contributed by atoms with van der Waals surface area (Å²) in [7, 11) is 1.22. The van der Waals surface area contributed by atoms with Crippen LogP contribution in [-0.2, 0) is 9.47 Å². The van der Waals surface area contributed by atoms with Crippen LogP contribution in [0, 0.1) is 17.0 Å². The zero-order chi connectivity index (χ0) is 19.2. The largest absolute Gasteiger partial charge is 0.453 e. The van der Waals surface area contributed by atoms with Gasteiger partial charge in [0.1, 0.15) is 11.8 Å². The van der Waals surface area contributed by atoms with Gasteiger partial charge in [-0.05, 0) is 0 Å². The Balaban J connectivity index is 0.00000225. The van der Waals surface area contributed by atoms with Gasteiger partial charge in [0.2, 0.25) is 0 Å². The molecule has 10 heteroatoms. The second kappa shape index (κ2) is 6.74. The average Bonchev–Trinajstić information content (AvgIpc) is 2.93. The van der Waals surface area contributed by atoms with Crippen molar-refractivity contribution in [2.24, 2.45) is 5.41 Å². The zero-order valence-corrected chi connectivity index (χ0v) is 15.5. The molecule has 0 saturated carbocycles. The third-order valence-corrected chi connectivity index (χ3v) is 6.67. The Hall–Kier alpha value is -2.23. The van der Waals surface area contributed by atoms with Gasteiger partial charge < -0.3 is 19.7 Å². The van der Waals surface area contributed by atoms with Crippen molar-refractivity contribution in [3.63, 3.8) is 0 Å². The first-order valence-corrected chi connectivity index (χ1v) is 9.68. The molecule has 3 fully saturated rings. The second-order valence-electron chi connectivity index (χ2n) is 7.10. The number of hydrogen-bond acceptors (Lipinski definition) is 6. The average molecular weight is 401 g/mol. The summed E-state index contributed by atoms with van der Waals surface area (Å²) >= 11 is 1.85. The standard InChI is InChI=1S/C17H19F2N3O4S.H2/c1-25-15(23)20-4-11-5-22(16(24)26-11)10-2-12(18)14(13(19)3-10)21-6-17(7-21)8-27-9-17;/h2-3,11H,4-9H2,1H3,(H,20,23);1H/t11-;/m0./s1. The molecule has 0 bridgehead atoms. The zero-order valence-electron chi connectivity index (χ0n) is 14.7. The van der Waals surface area contributed by atoms with E-state index in [1.165, 1.54) is 7.11 Å². The molecular formula is C17H21F2N3O4S. The van der Waals surface area contributed by atoms with Gasteiger partial charge in [0.25, 0.3) is 0 Å². The molecule has 3 aliphatic rings. The number of benzene rings is 1. The maximum Gasteiger partial charge on any atom is 0.414 e. The lowest BCUT2D eigenvalue weighted by atomic mass is 9.82. The van der Waals surface area contributed by atoms with Gasteiger partial charge in [0, 0.05) is 43.6 Å². The molecule has 1 aromatic rings. The fourth-order valence-electron chi connectivity index (χ4n) is 3.61. The fourth-order valence-corrected chi connectivity index (χ4v) is 4.76. The Morgan fingerprint density at radius 1 is 1.41 bits per heavy atom. The third-order valence-electron chi connectivity index (χ3n) is 5.03. The van der Waals surface area contributed by atoms with Crippen molar-refractivity contribution in [2.75, 3.05) is 54.6 Å². The third kappa shape index (κ3) is 3.26. The van der Waals surface area contributed by atoms with Gasteiger partial charge in [-0.2, -0.15) is 11.8 Å². The van der Waals surface area contributed by atoms with Crippen LogP contribution < -0.4 is 15.1 Å². The quantitative estimate of drug-likeness (QED) is 0.836. The molecule has 3 aliphatic heterocycles. The topological polar surface area (TPSA) is 71.1 Å². The minimum atomic E-state index is -0.715. The van der Waals surface area contributed by atoms with Crippen LogP contribution in [-0.4, -0.2) is 63.1 Å². The number of nitrogens with one attached hydrogen (secondary N) is 1. The van der Waals surface area contributed by atoms with E-state index in [9.17, 15) is 18.4 Å². The summed E-state index contributed by atoms with van der Waals surface area (Å²) in [6.45, 7) is 1.43. The minimum Gasteiger partial charge on any atom is -0.453 e. The molecule has 0 aliphatic carbocycles. The van der Waals surface area contributed by atoms with Crippen molar-refractivity contribution < 1.29 is 29.3 Å². The van der Waals surface area contributed by atoms with Gasteiger partial charge in [-0.1, -0.05) is 0 Å². The number of carbonyl (C=O) groups excluding carboxylic acids is 2. The highest BCUT2D eigenvalue weighted by Gasteiger charge is 2.49. The van der Waals surface area contributed by atoms with Crippen LogP contribution in [0.1, 0.15) is 1.43 Å². The monoisotopic (exact) mass is 401 g/mol. The van der Waals surface area contributed by atoms with E-state index in [4.69, 9.17) is 4.74 Å². The summed E-state index contributed by atoms with van der Waals surface area (Å²) in [6.07, 6.45) is -2.00. The summed E-state index contributed by atoms with van der Waals surface area (Å²) < 4.78 is 38.8. The first-order chi connectivity index (χ1) is 12.9. The molecule has 1 atom stereocenters. The number of alkyl carbamates (subject to hydrolysis) is 1. The maximum absolute atomic E-state index is 14.6. The van der Waals surface area contributed by atoms with Crippen molar-refractivity contribution in [1.29, 1.82) is 0 Å². The van der Waals surface area contributed by atoms with E-state index in [-0.39, 0.29) is 31.3 Å². The lowest BCUT2D eigenvalue weighted by Gasteiger charge is -2.56. The molecule has 27 heavy (non-hydrogen) atoms. The Morgan fingerprint density at radius 2 is 2.07 bits per heavy atom. The summed E-state index contributed by atoms with van der Waals surface area (Å²) in [5.41, 5.74) is 0.257. The fraction of sp³-hybridized carbons (Fsp3) is 0.529. The molecule has 0 aromatic heterocycles. The van der Waals surface area contributed by atoms with E-state index in [1.54, 1.807) is 4.90 Å². The second-order valence-corrected chi connectivity index (χ2v) is 8.08. The number of ether oxygens (including phenoxy) is 2. The first kappa shape index (κ1) is 18.1. The Labute approximate surface area is 160 Å². The molecule has 4 rings (SSSR count). The lowest BCUT2D eigenvalue weighted by molar-refractivity contribution is 0.132. The van der Waals surface area contributed by atoms with E-state index in [2.05, 4.69) is 10.1 Å². The van der Waals surface area contributed by atoms with E-state index in [0.717, 1.165) is 28.5 Å². The van der Waals surface area contributed by atoms with E-state index < -0.39 is 29.9 Å². The van der Waals surface area contributed by atoms with Crippen LogP contribution in [0.3, 0.4) is 0 Å². The van der Waals surface area contributed by atoms with Crippen LogP contribution in [0.4, 0.5) is 29.7 Å². The van der Waals surface area contributed by atoms with Crippen LogP contribution in [0.2, 0.25) is 0 Å². The Bertz CT molecular complexity index is 765. The summed E-state index contributed by atoms with van der Waals surface area (Å²) in [5, 5.41) is 2.43. The SMILES string of the molecule is COC(=O)NC[C@H]1CN(c2cc(F)c(N3CC4(CSC4)C3)c(F)c2)C(=O)O1.[HH]. The van der Waals surface area contributed by atoms with Crippen molar-refractivity contribution in [3.05, 3.63) is 23.8 Å². The van der Waals surface area contributed by atoms with Crippen LogP contribution in [0.5, 0.6) is 0 Å². The van der Waals surface area contributed by atoms with Crippen LogP contribution >= 0.6 is 11.8 Å². The van der Waals surface area contributed by atoms with E-state index in [0.29, 0.717) is 13.1 Å². The summed E-state index contributed by atoms with van der Waals surface area (Å²) in [4.78, 5) is 26.0. The number of nitrogens with zero attached hydrogens (tertiary/aromatic N) is 2. The molecule has 0 unspecified atom stereocenters. The molecule has 1 N–H and O–H groups in total.